The Morgan fingerprint density at radius 2 is 1.54 bits per heavy atom. The number of rotatable bonds is 4. The average molecular weight is 342 g/mol. The molecule has 0 N–H and O–H groups in total. The van der Waals surface area contributed by atoms with Gasteiger partial charge in [0.25, 0.3) is 0 Å². The minimum Gasteiger partial charge on any atom is -0.490 e. The molecule has 0 amide bonds. The van der Waals surface area contributed by atoms with Crippen LogP contribution >= 0.6 is 0 Å². The summed E-state index contributed by atoms with van der Waals surface area (Å²) in [5.74, 6) is -0.897. The summed E-state index contributed by atoms with van der Waals surface area (Å²) in [6, 6.07) is 3.45. The molecule has 2 aliphatic rings. The fourth-order valence-electron chi connectivity index (χ4n) is 3.39. The standard InChI is InChI=1S/C18H21F3O3/c19-18(20,21)15-11-12(17(22)24-14-7-3-4-8-14)9-10-16(15)23-13-5-1-2-6-13/h9-11,13-14H,1-8H2. The van der Waals surface area contributed by atoms with Crippen molar-refractivity contribution in [2.24, 2.45) is 0 Å². The lowest BCUT2D eigenvalue weighted by Gasteiger charge is -2.19. The molecule has 1 aromatic rings. The molecular weight excluding hydrogens is 321 g/mol. The molecule has 0 radical (unpaired) electrons. The Kier molecular flexibility index (Phi) is 5.01. The fraction of sp³-hybridized carbons (Fsp3) is 0.611. The number of esters is 1. The van der Waals surface area contributed by atoms with Crippen LogP contribution in [0.15, 0.2) is 18.2 Å². The molecule has 24 heavy (non-hydrogen) atoms. The maximum Gasteiger partial charge on any atom is 0.419 e. The van der Waals surface area contributed by atoms with Crippen LogP contribution in [-0.2, 0) is 10.9 Å². The van der Waals surface area contributed by atoms with Crippen LogP contribution in [0.1, 0.15) is 67.3 Å². The Morgan fingerprint density at radius 1 is 0.958 bits per heavy atom. The second kappa shape index (κ2) is 7.03. The zero-order chi connectivity index (χ0) is 17.2. The molecule has 0 saturated heterocycles. The number of benzene rings is 1. The van der Waals surface area contributed by atoms with Crippen LogP contribution in [0.3, 0.4) is 0 Å². The first-order valence-corrected chi connectivity index (χ1v) is 8.52. The Hall–Kier alpha value is -1.72. The normalized spacial score (nSPS) is 19.6. The zero-order valence-corrected chi connectivity index (χ0v) is 13.4. The summed E-state index contributed by atoms with van der Waals surface area (Å²) in [6.45, 7) is 0. The van der Waals surface area contributed by atoms with Gasteiger partial charge in [-0.1, -0.05) is 0 Å². The van der Waals surface area contributed by atoms with Crippen molar-refractivity contribution < 1.29 is 27.4 Å². The number of hydrogen-bond acceptors (Lipinski definition) is 3. The predicted octanol–water partition coefficient (Wildman–Crippen LogP) is 5.13. The summed E-state index contributed by atoms with van der Waals surface area (Å²) in [5.41, 5.74) is -0.983. The highest BCUT2D eigenvalue weighted by atomic mass is 19.4. The highest BCUT2D eigenvalue weighted by molar-refractivity contribution is 5.90. The molecule has 0 aliphatic heterocycles. The molecule has 2 aliphatic carbocycles. The lowest BCUT2D eigenvalue weighted by atomic mass is 10.1. The topological polar surface area (TPSA) is 35.5 Å². The van der Waals surface area contributed by atoms with Crippen molar-refractivity contribution in [3.05, 3.63) is 29.3 Å². The molecule has 0 spiro atoms. The second-order valence-corrected chi connectivity index (χ2v) is 6.54. The third kappa shape index (κ3) is 4.02. The second-order valence-electron chi connectivity index (χ2n) is 6.54. The first kappa shape index (κ1) is 17.1. The van der Waals surface area contributed by atoms with Crippen LogP contribution in [0.2, 0.25) is 0 Å². The van der Waals surface area contributed by atoms with Gasteiger partial charge in [-0.3, -0.25) is 0 Å². The molecule has 132 valence electrons. The summed E-state index contributed by atoms with van der Waals surface area (Å²) in [4.78, 5) is 12.1. The largest absolute Gasteiger partial charge is 0.490 e. The molecule has 0 atom stereocenters. The van der Waals surface area contributed by atoms with Gasteiger partial charge in [0.15, 0.2) is 0 Å². The summed E-state index contributed by atoms with van der Waals surface area (Å²) < 4.78 is 50.8. The van der Waals surface area contributed by atoms with Gasteiger partial charge in [0.1, 0.15) is 11.9 Å². The van der Waals surface area contributed by atoms with Gasteiger partial charge >= 0.3 is 12.1 Å². The van der Waals surface area contributed by atoms with E-state index in [2.05, 4.69) is 0 Å². The number of hydrogen-bond donors (Lipinski definition) is 0. The average Bonchev–Trinajstić information content (AvgIpc) is 3.20. The van der Waals surface area contributed by atoms with E-state index < -0.39 is 17.7 Å². The highest BCUT2D eigenvalue weighted by Crippen LogP contribution is 2.38. The smallest absolute Gasteiger partial charge is 0.419 e. The summed E-state index contributed by atoms with van der Waals surface area (Å²) in [5, 5.41) is 0. The molecule has 0 aromatic heterocycles. The number of carbonyl (C=O) groups is 1. The van der Waals surface area contributed by atoms with Crippen LogP contribution in [0.4, 0.5) is 13.2 Å². The molecule has 0 heterocycles. The molecule has 0 bridgehead atoms. The molecule has 1 aromatic carbocycles. The Labute approximate surface area is 139 Å². The maximum atomic E-state index is 13.3. The third-order valence-electron chi connectivity index (χ3n) is 4.69. The molecular formula is C18H21F3O3. The molecule has 2 fully saturated rings. The molecule has 0 unspecified atom stereocenters. The van der Waals surface area contributed by atoms with Crippen LogP contribution in [0.5, 0.6) is 5.75 Å². The van der Waals surface area contributed by atoms with E-state index in [4.69, 9.17) is 9.47 Å². The monoisotopic (exact) mass is 342 g/mol. The van der Waals surface area contributed by atoms with Crippen molar-refractivity contribution in [2.75, 3.05) is 0 Å². The quantitative estimate of drug-likeness (QED) is 0.712. The van der Waals surface area contributed by atoms with E-state index in [1.165, 1.54) is 12.1 Å². The number of ether oxygens (including phenoxy) is 2. The van der Waals surface area contributed by atoms with Crippen LogP contribution < -0.4 is 4.74 Å². The number of carbonyl (C=O) groups excluding carboxylic acids is 1. The van der Waals surface area contributed by atoms with Crippen molar-refractivity contribution in [2.45, 2.75) is 69.8 Å². The number of alkyl halides is 3. The van der Waals surface area contributed by atoms with E-state index in [1.54, 1.807) is 0 Å². The van der Waals surface area contributed by atoms with Gasteiger partial charge in [-0.25, -0.2) is 4.79 Å². The van der Waals surface area contributed by atoms with E-state index >= 15 is 0 Å². The van der Waals surface area contributed by atoms with Gasteiger partial charge in [-0.05, 0) is 69.6 Å². The predicted molar refractivity (Wildman–Crippen MR) is 82.0 cm³/mol. The van der Waals surface area contributed by atoms with Gasteiger partial charge in [-0.15, -0.1) is 0 Å². The Morgan fingerprint density at radius 3 is 2.12 bits per heavy atom. The van der Waals surface area contributed by atoms with Gasteiger partial charge in [0.2, 0.25) is 0 Å². The van der Waals surface area contributed by atoms with E-state index in [0.717, 1.165) is 57.4 Å². The molecule has 6 heteroatoms. The van der Waals surface area contributed by atoms with Crippen molar-refractivity contribution in [3.63, 3.8) is 0 Å². The van der Waals surface area contributed by atoms with E-state index in [9.17, 15) is 18.0 Å². The Bertz CT molecular complexity index is 586. The van der Waals surface area contributed by atoms with Crippen molar-refractivity contribution in [3.8, 4) is 5.75 Å². The summed E-state index contributed by atoms with van der Waals surface area (Å²) >= 11 is 0. The van der Waals surface area contributed by atoms with Crippen LogP contribution in [0.25, 0.3) is 0 Å². The first-order chi connectivity index (χ1) is 11.4. The van der Waals surface area contributed by atoms with Crippen molar-refractivity contribution in [1.29, 1.82) is 0 Å². The van der Waals surface area contributed by atoms with Crippen LogP contribution in [-0.4, -0.2) is 18.2 Å². The summed E-state index contributed by atoms with van der Waals surface area (Å²) in [6.07, 6.45) is 2.07. The Balaban J connectivity index is 1.79. The molecule has 2 saturated carbocycles. The van der Waals surface area contributed by atoms with Gasteiger partial charge in [-0.2, -0.15) is 13.2 Å². The van der Waals surface area contributed by atoms with E-state index in [1.807, 2.05) is 0 Å². The minimum absolute atomic E-state index is 0.0759. The summed E-state index contributed by atoms with van der Waals surface area (Å²) in [7, 11) is 0. The van der Waals surface area contributed by atoms with Gasteiger partial charge in [0.05, 0.1) is 17.2 Å². The first-order valence-electron chi connectivity index (χ1n) is 8.52. The third-order valence-corrected chi connectivity index (χ3v) is 4.69. The minimum atomic E-state index is -4.57. The SMILES string of the molecule is O=C(OC1CCCC1)c1ccc(OC2CCCC2)c(C(F)(F)F)c1. The fourth-order valence-corrected chi connectivity index (χ4v) is 3.39. The number of halogens is 3. The van der Waals surface area contributed by atoms with Crippen molar-refractivity contribution in [1.82, 2.24) is 0 Å². The highest BCUT2D eigenvalue weighted by Gasteiger charge is 2.36. The van der Waals surface area contributed by atoms with Crippen LogP contribution in [0, 0.1) is 0 Å². The molecule has 3 nitrogen and oxygen atoms in total. The van der Waals surface area contributed by atoms with Gasteiger partial charge < -0.3 is 9.47 Å². The van der Waals surface area contributed by atoms with Crippen molar-refractivity contribution >= 4 is 5.97 Å². The lowest BCUT2D eigenvalue weighted by Crippen LogP contribution is -2.18. The van der Waals surface area contributed by atoms with E-state index in [-0.39, 0.29) is 23.5 Å². The molecule has 3 rings (SSSR count). The van der Waals surface area contributed by atoms with Gasteiger partial charge in [0, 0.05) is 0 Å². The van der Waals surface area contributed by atoms with E-state index in [0.29, 0.717) is 0 Å². The lowest BCUT2D eigenvalue weighted by molar-refractivity contribution is -0.139. The maximum absolute atomic E-state index is 13.3. The zero-order valence-electron chi connectivity index (χ0n) is 13.4.